The van der Waals surface area contributed by atoms with Crippen LogP contribution in [0.15, 0.2) is 144 Å². The maximum absolute atomic E-state index is 6.30. The topological polar surface area (TPSA) is 51.8 Å². The summed E-state index contributed by atoms with van der Waals surface area (Å²) in [6, 6.07) is 48.6. The summed E-state index contributed by atoms with van der Waals surface area (Å²) < 4.78 is 6.30. The smallest absolute Gasteiger partial charge is 0.164 e. The van der Waals surface area contributed by atoms with Crippen LogP contribution in [-0.2, 0) is 10.8 Å². The van der Waals surface area contributed by atoms with Crippen molar-refractivity contribution in [2.24, 2.45) is 0 Å². The van der Waals surface area contributed by atoms with Crippen LogP contribution in [0.25, 0.3) is 78.4 Å². The first kappa shape index (κ1) is 29.3. The van der Waals surface area contributed by atoms with Gasteiger partial charge in [-0.2, -0.15) is 0 Å². The van der Waals surface area contributed by atoms with Crippen LogP contribution < -0.4 is 0 Å². The molecule has 0 N–H and O–H groups in total. The summed E-state index contributed by atoms with van der Waals surface area (Å²) in [5.41, 5.74) is 11.5. The molecule has 4 heteroatoms. The van der Waals surface area contributed by atoms with Gasteiger partial charge >= 0.3 is 0 Å². The molecule has 0 fully saturated rings. The van der Waals surface area contributed by atoms with Gasteiger partial charge in [-0.25, -0.2) is 15.0 Å². The van der Waals surface area contributed by atoms with E-state index in [1.807, 2.05) is 36.4 Å². The lowest BCUT2D eigenvalue weighted by atomic mass is 9.54. The Bertz CT molecular complexity index is 2560. The third-order valence-corrected chi connectivity index (χ3v) is 10.9. The van der Waals surface area contributed by atoms with E-state index in [0.717, 1.165) is 49.8 Å². The molecule has 0 saturated carbocycles. The molecule has 1 aliphatic rings. The van der Waals surface area contributed by atoms with Crippen LogP contribution in [0, 0.1) is 0 Å². The molecule has 0 radical (unpaired) electrons. The van der Waals surface area contributed by atoms with Crippen LogP contribution in [-0.4, -0.2) is 15.0 Å². The van der Waals surface area contributed by atoms with Crippen LogP contribution in [0.5, 0.6) is 0 Å². The highest BCUT2D eigenvalue weighted by Gasteiger charge is 2.47. The van der Waals surface area contributed by atoms with E-state index < -0.39 is 0 Å². The fraction of sp³-hybridized carbons (Fsp3) is 0.133. The van der Waals surface area contributed by atoms with Gasteiger partial charge in [0.1, 0.15) is 11.2 Å². The van der Waals surface area contributed by atoms with E-state index >= 15 is 0 Å². The van der Waals surface area contributed by atoms with Crippen LogP contribution in [0.4, 0.5) is 0 Å². The maximum atomic E-state index is 6.30. The van der Waals surface area contributed by atoms with E-state index in [2.05, 4.69) is 131 Å². The first-order chi connectivity index (χ1) is 23.8. The van der Waals surface area contributed by atoms with Crippen molar-refractivity contribution < 1.29 is 4.42 Å². The number of para-hydroxylation sites is 1. The van der Waals surface area contributed by atoms with Crippen molar-refractivity contribution in [3.05, 3.63) is 151 Å². The predicted molar refractivity (Wildman–Crippen MR) is 200 cm³/mol. The molecule has 4 nitrogen and oxygen atoms in total. The van der Waals surface area contributed by atoms with E-state index in [4.69, 9.17) is 19.4 Å². The molecule has 0 bridgehead atoms. The first-order valence-electron chi connectivity index (χ1n) is 16.9. The predicted octanol–water partition coefficient (Wildman–Crippen LogP) is 11.7. The lowest BCUT2D eigenvalue weighted by molar-refractivity contribution is 0.300. The molecule has 9 rings (SSSR count). The van der Waals surface area contributed by atoms with Crippen molar-refractivity contribution in [2.45, 2.75) is 38.5 Å². The van der Waals surface area contributed by atoms with Crippen LogP contribution in [0.2, 0.25) is 0 Å². The van der Waals surface area contributed by atoms with Crippen molar-refractivity contribution >= 4 is 21.9 Å². The Labute approximate surface area is 286 Å². The molecule has 0 spiro atoms. The highest BCUT2D eigenvalue weighted by atomic mass is 16.3. The number of nitrogens with zero attached hydrogens (tertiary/aromatic N) is 3. The normalized spacial score (nSPS) is 14.4. The largest absolute Gasteiger partial charge is 0.456 e. The molecule has 1 aliphatic carbocycles. The highest BCUT2D eigenvalue weighted by molar-refractivity contribution is 6.11. The molecule has 49 heavy (non-hydrogen) atoms. The molecule has 8 aromatic rings. The summed E-state index contributed by atoms with van der Waals surface area (Å²) in [5, 5.41) is 2.05. The molecular formula is C45H35N3O. The van der Waals surface area contributed by atoms with E-state index in [1.54, 1.807) is 0 Å². The standard InChI is InChI=1S/C45H35N3O/c1-44(2)36-24-10-8-19-31(36)32-21-13-23-35(40(32)45(44,3)4)43-47-41(30-18-12-17-29(27-30)28-15-6-5-7-16-28)46-42(48-43)34-22-14-26-38-39(34)33-20-9-11-25-37(33)49-38/h5-27H,1-4H3. The summed E-state index contributed by atoms with van der Waals surface area (Å²) in [5.74, 6) is 1.91. The molecular weight excluding hydrogens is 599 g/mol. The lowest BCUT2D eigenvalue weighted by Crippen LogP contribution is -2.44. The van der Waals surface area contributed by atoms with Crippen molar-refractivity contribution in [1.82, 2.24) is 15.0 Å². The molecule has 6 aromatic carbocycles. The van der Waals surface area contributed by atoms with Gasteiger partial charge in [-0.3, -0.25) is 0 Å². The van der Waals surface area contributed by atoms with E-state index in [1.165, 1.54) is 22.3 Å². The second kappa shape index (κ2) is 10.8. The molecule has 2 heterocycles. The number of hydrogen-bond donors (Lipinski definition) is 0. The van der Waals surface area contributed by atoms with E-state index in [-0.39, 0.29) is 10.8 Å². The van der Waals surface area contributed by atoms with Gasteiger partial charge in [0.25, 0.3) is 0 Å². The molecule has 0 amide bonds. The number of hydrogen-bond acceptors (Lipinski definition) is 4. The number of furan rings is 1. The van der Waals surface area contributed by atoms with Gasteiger partial charge in [-0.1, -0.05) is 149 Å². The Morgan fingerprint density at radius 2 is 1.00 bits per heavy atom. The fourth-order valence-electron chi connectivity index (χ4n) is 7.72. The minimum absolute atomic E-state index is 0.142. The Balaban J connectivity index is 1.34. The Morgan fingerprint density at radius 1 is 0.429 bits per heavy atom. The number of rotatable bonds is 4. The zero-order valence-electron chi connectivity index (χ0n) is 28.0. The zero-order chi connectivity index (χ0) is 33.3. The minimum Gasteiger partial charge on any atom is -0.456 e. The second-order valence-corrected chi connectivity index (χ2v) is 14.1. The van der Waals surface area contributed by atoms with Crippen molar-refractivity contribution in [3.8, 4) is 56.4 Å². The highest BCUT2D eigenvalue weighted by Crippen LogP contribution is 2.56. The quantitative estimate of drug-likeness (QED) is 0.193. The zero-order valence-corrected chi connectivity index (χ0v) is 28.0. The Hall–Kier alpha value is -5.87. The SMILES string of the molecule is CC1(C)c2ccccc2-c2cccc(-c3nc(-c4cccc(-c5ccccc5)c4)nc(-c4cccc5oc6ccccc6c45)n3)c2C1(C)C. The average molecular weight is 634 g/mol. The van der Waals surface area contributed by atoms with Crippen molar-refractivity contribution in [2.75, 3.05) is 0 Å². The summed E-state index contributed by atoms with van der Waals surface area (Å²) in [7, 11) is 0. The van der Waals surface area contributed by atoms with Gasteiger partial charge in [-0.05, 0) is 57.0 Å². The Morgan fingerprint density at radius 3 is 1.86 bits per heavy atom. The summed E-state index contributed by atoms with van der Waals surface area (Å²) >= 11 is 0. The third-order valence-electron chi connectivity index (χ3n) is 10.9. The van der Waals surface area contributed by atoms with E-state index in [9.17, 15) is 0 Å². The number of benzene rings is 6. The lowest BCUT2D eigenvalue weighted by Gasteiger charge is -2.49. The Kier molecular flexibility index (Phi) is 6.47. The summed E-state index contributed by atoms with van der Waals surface area (Å²) in [6.07, 6.45) is 0. The number of aromatic nitrogens is 3. The van der Waals surface area contributed by atoms with Crippen molar-refractivity contribution in [3.63, 3.8) is 0 Å². The van der Waals surface area contributed by atoms with Crippen LogP contribution in [0.3, 0.4) is 0 Å². The van der Waals surface area contributed by atoms with Gasteiger partial charge in [0.15, 0.2) is 17.5 Å². The summed E-state index contributed by atoms with van der Waals surface area (Å²) in [4.78, 5) is 15.8. The molecule has 0 aliphatic heterocycles. The van der Waals surface area contributed by atoms with E-state index in [0.29, 0.717) is 17.5 Å². The van der Waals surface area contributed by atoms with Crippen molar-refractivity contribution in [1.29, 1.82) is 0 Å². The van der Waals surface area contributed by atoms with Crippen LogP contribution in [0.1, 0.15) is 38.8 Å². The fourth-order valence-corrected chi connectivity index (χ4v) is 7.72. The third kappa shape index (κ3) is 4.48. The summed E-state index contributed by atoms with van der Waals surface area (Å²) in [6.45, 7) is 9.43. The molecule has 0 atom stereocenters. The first-order valence-corrected chi connectivity index (χ1v) is 16.9. The average Bonchev–Trinajstić information content (AvgIpc) is 3.53. The van der Waals surface area contributed by atoms with Gasteiger partial charge in [0, 0.05) is 32.9 Å². The van der Waals surface area contributed by atoms with Gasteiger partial charge < -0.3 is 4.42 Å². The molecule has 0 saturated heterocycles. The minimum atomic E-state index is -0.228. The number of fused-ring (bicyclic) bond motifs is 6. The van der Waals surface area contributed by atoms with Gasteiger partial charge in [-0.15, -0.1) is 0 Å². The monoisotopic (exact) mass is 633 g/mol. The van der Waals surface area contributed by atoms with Gasteiger partial charge in [0.2, 0.25) is 0 Å². The molecule has 0 unspecified atom stereocenters. The van der Waals surface area contributed by atoms with Crippen LogP contribution >= 0.6 is 0 Å². The second-order valence-electron chi connectivity index (χ2n) is 14.1. The molecule has 2 aromatic heterocycles. The van der Waals surface area contributed by atoms with Gasteiger partial charge in [0.05, 0.1) is 0 Å². The maximum Gasteiger partial charge on any atom is 0.164 e. The molecule has 236 valence electrons.